The van der Waals surface area contributed by atoms with Crippen molar-refractivity contribution in [3.63, 3.8) is 0 Å². The van der Waals surface area contributed by atoms with E-state index in [9.17, 15) is 18.3 Å². The molecule has 0 amide bonds. The number of aliphatic carboxylic acids is 1. The van der Waals surface area contributed by atoms with Gasteiger partial charge < -0.3 is 5.11 Å². The zero-order valence-electron chi connectivity index (χ0n) is 19.6. The summed E-state index contributed by atoms with van der Waals surface area (Å²) in [5.41, 5.74) is 1.89. The second-order valence-corrected chi connectivity index (χ2v) is 18.8. The predicted molar refractivity (Wildman–Crippen MR) is 138 cm³/mol. The third-order valence-electron chi connectivity index (χ3n) is 7.48. The fourth-order valence-corrected chi connectivity index (χ4v) is 14.8. The third kappa shape index (κ3) is 3.49. The molecule has 176 valence electrons. The molecule has 8 heteroatoms. The van der Waals surface area contributed by atoms with Gasteiger partial charge in [0, 0.05) is 21.3 Å². The fourth-order valence-electron chi connectivity index (χ4n) is 5.97. The van der Waals surface area contributed by atoms with Gasteiger partial charge in [-0.1, -0.05) is 45.1 Å². The number of aromatic nitrogens is 1. The van der Waals surface area contributed by atoms with E-state index in [1.807, 2.05) is 63.0 Å². The van der Waals surface area contributed by atoms with Crippen LogP contribution in [0.3, 0.4) is 0 Å². The lowest BCUT2D eigenvalue weighted by atomic mass is 9.82. The molecular weight excluding hydrogens is 470 g/mol. The van der Waals surface area contributed by atoms with E-state index < -0.39 is 33.7 Å². The van der Waals surface area contributed by atoms with E-state index in [1.54, 1.807) is 6.20 Å². The van der Waals surface area contributed by atoms with Gasteiger partial charge in [0.25, 0.3) is 0 Å². The minimum absolute atomic E-state index is 0.0430. The van der Waals surface area contributed by atoms with Crippen LogP contribution in [0.15, 0.2) is 48.7 Å². The van der Waals surface area contributed by atoms with Gasteiger partial charge in [-0.2, -0.15) is 0 Å². The zero-order chi connectivity index (χ0) is 24.1. The molecule has 1 aliphatic rings. The van der Waals surface area contributed by atoms with E-state index >= 15 is 0 Å². The lowest BCUT2D eigenvalue weighted by molar-refractivity contribution is -0.142. The molecule has 1 N–H and O–H groups in total. The average molecular weight is 502 g/mol. The number of carboxylic acid groups (broad SMARTS) is 1. The van der Waals surface area contributed by atoms with Crippen molar-refractivity contribution in [2.24, 2.45) is 0 Å². The third-order valence-corrected chi connectivity index (χ3v) is 15.3. The van der Waals surface area contributed by atoms with Crippen LogP contribution in [0.4, 0.5) is 0 Å². The minimum Gasteiger partial charge on any atom is -0.481 e. The first-order valence-electron chi connectivity index (χ1n) is 11.4. The van der Waals surface area contributed by atoms with E-state index in [4.69, 9.17) is 0 Å². The van der Waals surface area contributed by atoms with Crippen molar-refractivity contribution in [2.45, 2.75) is 62.0 Å². The summed E-state index contributed by atoms with van der Waals surface area (Å²) in [5.74, 6) is -0.928. The fraction of sp³-hybridized carbons (Fsp3) is 0.440. The van der Waals surface area contributed by atoms with Gasteiger partial charge in [-0.3, -0.25) is 9.78 Å². The van der Waals surface area contributed by atoms with E-state index in [1.165, 1.54) is 11.3 Å². The summed E-state index contributed by atoms with van der Waals surface area (Å²) in [6.45, 7) is 7.85. The largest absolute Gasteiger partial charge is 0.481 e. The Morgan fingerprint density at radius 1 is 1.18 bits per heavy atom. The molecular formula is C25H31NO4S2Si. The number of carbonyl (C=O) groups is 1. The summed E-state index contributed by atoms with van der Waals surface area (Å²) >= 11 is 1.44. The van der Waals surface area contributed by atoms with Crippen LogP contribution in [0.5, 0.6) is 0 Å². The number of hydrogen-bond acceptors (Lipinski definition) is 5. The van der Waals surface area contributed by atoms with Crippen molar-refractivity contribution in [3.8, 4) is 10.4 Å². The standard InChI is InChI=1S/C25H31NO4S2Si/c1-5-25(23(27)28,33(2,3)4)24(14-6-7-16-32(24,29)30)22-13-12-21(31-22)19-10-11-20-18(17-19)9-8-15-26-20/h8-13,15,17H,5-7,14,16H2,1-4H3,(H,27,28)/t24-,25?/m1/s1. The second kappa shape index (κ2) is 8.32. The Bertz CT molecular complexity index is 1310. The van der Waals surface area contributed by atoms with Crippen LogP contribution >= 0.6 is 11.3 Å². The normalized spacial score (nSPS) is 22.7. The first kappa shape index (κ1) is 24.1. The topological polar surface area (TPSA) is 84.3 Å². The highest BCUT2D eigenvalue weighted by molar-refractivity contribution is 7.92. The first-order chi connectivity index (χ1) is 15.5. The Hall–Kier alpha value is -2.03. The summed E-state index contributed by atoms with van der Waals surface area (Å²) in [4.78, 5) is 19.1. The van der Waals surface area contributed by atoms with Crippen molar-refractivity contribution >= 4 is 46.1 Å². The smallest absolute Gasteiger partial charge is 0.308 e. The SMILES string of the molecule is CCC(C(=O)O)([C@]1(c2ccc(-c3ccc4ncccc4c3)s2)CCCCS1(=O)=O)[Si](C)(C)C. The van der Waals surface area contributed by atoms with E-state index in [-0.39, 0.29) is 5.75 Å². The van der Waals surface area contributed by atoms with E-state index in [0.29, 0.717) is 30.6 Å². The molecule has 1 unspecified atom stereocenters. The van der Waals surface area contributed by atoms with Crippen molar-refractivity contribution in [2.75, 3.05) is 5.75 Å². The highest BCUT2D eigenvalue weighted by Crippen LogP contribution is 2.64. The van der Waals surface area contributed by atoms with Crippen LogP contribution in [-0.2, 0) is 19.4 Å². The molecule has 33 heavy (non-hydrogen) atoms. The molecule has 0 bridgehead atoms. The lowest BCUT2D eigenvalue weighted by Gasteiger charge is -2.54. The van der Waals surface area contributed by atoms with Crippen LogP contribution in [-0.4, -0.2) is 38.3 Å². The molecule has 1 aromatic carbocycles. The quantitative estimate of drug-likeness (QED) is 0.399. The predicted octanol–water partition coefficient (Wildman–Crippen LogP) is 6.33. The zero-order valence-corrected chi connectivity index (χ0v) is 22.2. The molecule has 2 aromatic heterocycles. The van der Waals surface area contributed by atoms with Gasteiger partial charge in [-0.15, -0.1) is 11.3 Å². The monoisotopic (exact) mass is 501 g/mol. The maximum Gasteiger partial charge on any atom is 0.308 e. The summed E-state index contributed by atoms with van der Waals surface area (Å²) in [6, 6.07) is 13.8. The number of pyridine rings is 1. The summed E-state index contributed by atoms with van der Waals surface area (Å²) in [5, 5.41) is 10.4. The van der Waals surface area contributed by atoms with Crippen LogP contribution < -0.4 is 0 Å². The van der Waals surface area contributed by atoms with Crippen LogP contribution in [0.2, 0.25) is 24.7 Å². The van der Waals surface area contributed by atoms with Crippen LogP contribution in [0.1, 0.15) is 37.5 Å². The highest BCUT2D eigenvalue weighted by Gasteiger charge is 2.69. The number of fused-ring (bicyclic) bond motifs is 1. The van der Waals surface area contributed by atoms with Crippen LogP contribution in [0, 0.1) is 0 Å². The molecule has 1 aliphatic heterocycles. The average Bonchev–Trinajstić information content (AvgIpc) is 3.24. The number of thiophene rings is 1. The molecule has 2 atom stereocenters. The molecule has 0 spiro atoms. The summed E-state index contributed by atoms with van der Waals surface area (Å²) < 4.78 is 26.5. The van der Waals surface area contributed by atoms with Crippen molar-refractivity contribution in [1.29, 1.82) is 0 Å². The molecule has 4 rings (SSSR count). The number of sulfone groups is 1. The Kier molecular flexibility index (Phi) is 6.08. The molecule has 3 heterocycles. The van der Waals surface area contributed by atoms with E-state index in [2.05, 4.69) is 11.1 Å². The Morgan fingerprint density at radius 2 is 1.94 bits per heavy atom. The number of carboxylic acids is 1. The van der Waals surface area contributed by atoms with Gasteiger partial charge in [-0.25, -0.2) is 8.42 Å². The maximum absolute atomic E-state index is 13.9. The summed E-state index contributed by atoms with van der Waals surface area (Å²) in [6.07, 6.45) is 3.72. The number of nitrogens with zero attached hydrogens (tertiary/aromatic N) is 1. The molecule has 1 saturated heterocycles. The molecule has 3 aromatic rings. The molecule has 0 aliphatic carbocycles. The van der Waals surface area contributed by atoms with Gasteiger partial charge in [0.05, 0.1) is 24.4 Å². The van der Waals surface area contributed by atoms with Gasteiger partial charge in [0.2, 0.25) is 0 Å². The highest BCUT2D eigenvalue weighted by atomic mass is 32.2. The Morgan fingerprint density at radius 3 is 2.58 bits per heavy atom. The Balaban J connectivity index is 1.97. The number of hydrogen-bond donors (Lipinski definition) is 1. The van der Waals surface area contributed by atoms with Gasteiger partial charge in [-0.05, 0) is 55.2 Å². The van der Waals surface area contributed by atoms with Gasteiger partial charge in [0.1, 0.15) is 4.75 Å². The van der Waals surface area contributed by atoms with Crippen molar-refractivity contribution in [1.82, 2.24) is 4.98 Å². The van der Waals surface area contributed by atoms with Crippen molar-refractivity contribution < 1.29 is 18.3 Å². The molecule has 1 fully saturated rings. The summed E-state index contributed by atoms with van der Waals surface area (Å²) in [7, 11) is -6.20. The van der Waals surface area contributed by atoms with E-state index in [0.717, 1.165) is 21.3 Å². The number of rotatable bonds is 6. The van der Waals surface area contributed by atoms with Gasteiger partial charge in [0.15, 0.2) is 9.84 Å². The second-order valence-electron chi connectivity index (χ2n) is 9.99. The molecule has 0 radical (unpaired) electrons. The Labute approximate surface area is 200 Å². The number of benzene rings is 1. The maximum atomic E-state index is 13.9. The molecule has 0 saturated carbocycles. The lowest BCUT2D eigenvalue weighted by Crippen LogP contribution is -2.62. The van der Waals surface area contributed by atoms with Crippen LogP contribution in [0.25, 0.3) is 21.3 Å². The van der Waals surface area contributed by atoms with Crippen molar-refractivity contribution in [3.05, 3.63) is 53.5 Å². The van der Waals surface area contributed by atoms with Gasteiger partial charge >= 0.3 is 5.97 Å². The minimum atomic E-state index is -3.69. The molecule has 5 nitrogen and oxygen atoms in total. The first-order valence-corrected chi connectivity index (χ1v) is 17.4.